The Balaban J connectivity index is 2.14. The third-order valence-corrected chi connectivity index (χ3v) is 2.57. The minimum absolute atomic E-state index is 0.265. The van der Waals surface area contributed by atoms with Gasteiger partial charge in [0.15, 0.2) is 5.69 Å². The van der Waals surface area contributed by atoms with Gasteiger partial charge in [-0.2, -0.15) is 5.10 Å². The van der Waals surface area contributed by atoms with Crippen LogP contribution < -0.4 is 5.32 Å². The molecule has 0 spiro atoms. The predicted molar refractivity (Wildman–Crippen MR) is 68.2 cm³/mol. The monoisotopic (exact) mass is 245 g/mol. The SMILES string of the molecule is CC(O)c1cccc(NC(=O)c2ccn(C)n2)c1. The van der Waals surface area contributed by atoms with E-state index in [0.29, 0.717) is 11.4 Å². The van der Waals surface area contributed by atoms with Crippen LogP contribution in [0.25, 0.3) is 0 Å². The van der Waals surface area contributed by atoms with E-state index in [1.807, 2.05) is 0 Å². The molecule has 0 bridgehead atoms. The van der Waals surface area contributed by atoms with Crippen LogP contribution in [0.5, 0.6) is 0 Å². The van der Waals surface area contributed by atoms with E-state index in [9.17, 15) is 9.90 Å². The van der Waals surface area contributed by atoms with Crippen LogP contribution in [-0.4, -0.2) is 20.8 Å². The number of aryl methyl sites for hydroxylation is 1. The van der Waals surface area contributed by atoms with Crippen molar-refractivity contribution in [3.63, 3.8) is 0 Å². The average Bonchev–Trinajstić information content (AvgIpc) is 2.76. The molecule has 0 radical (unpaired) electrons. The number of anilines is 1. The summed E-state index contributed by atoms with van der Waals surface area (Å²) >= 11 is 0. The zero-order valence-electron chi connectivity index (χ0n) is 10.3. The number of aliphatic hydroxyl groups excluding tert-OH is 1. The predicted octanol–water partition coefficient (Wildman–Crippen LogP) is 1.73. The Morgan fingerprint density at radius 3 is 2.83 bits per heavy atom. The van der Waals surface area contributed by atoms with Crippen molar-refractivity contribution < 1.29 is 9.90 Å². The van der Waals surface area contributed by atoms with Gasteiger partial charge in [-0.3, -0.25) is 9.48 Å². The number of aliphatic hydroxyl groups is 1. The van der Waals surface area contributed by atoms with E-state index >= 15 is 0 Å². The maximum atomic E-state index is 11.9. The first-order chi connectivity index (χ1) is 8.56. The molecule has 1 aromatic carbocycles. The van der Waals surface area contributed by atoms with E-state index in [2.05, 4.69) is 10.4 Å². The maximum absolute atomic E-state index is 11.9. The number of hydrogen-bond donors (Lipinski definition) is 2. The largest absolute Gasteiger partial charge is 0.389 e. The molecule has 1 unspecified atom stereocenters. The summed E-state index contributed by atoms with van der Waals surface area (Å²) in [6.07, 6.45) is 1.15. The van der Waals surface area contributed by atoms with Crippen LogP contribution in [0.3, 0.4) is 0 Å². The standard InChI is InChI=1S/C13H15N3O2/c1-9(17)10-4-3-5-11(8-10)14-13(18)12-6-7-16(2)15-12/h3-9,17H,1-2H3,(H,14,18). The summed E-state index contributed by atoms with van der Waals surface area (Å²) in [4.78, 5) is 11.9. The maximum Gasteiger partial charge on any atom is 0.276 e. The van der Waals surface area contributed by atoms with Crippen LogP contribution in [0.4, 0.5) is 5.69 Å². The lowest BCUT2D eigenvalue weighted by molar-refractivity contribution is 0.102. The lowest BCUT2D eigenvalue weighted by Gasteiger charge is -2.08. The number of carbonyl (C=O) groups is 1. The smallest absolute Gasteiger partial charge is 0.276 e. The summed E-state index contributed by atoms with van der Waals surface area (Å²) in [6, 6.07) is 8.75. The van der Waals surface area contributed by atoms with Gasteiger partial charge in [0.1, 0.15) is 0 Å². The van der Waals surface area contributed by atoms with E-state index in [1.165, 1.54) is 0 Å². The van der Waals surface area contributed by atoms with E-state index in [-0.39, 0.29) is 5.91 Å². The molecule has 0 fully saturated rings. The van der Waals surface area contributed by atoms with Crippen molar-refractivity contribution in [3.8, 4) is 0 Å². The Kier molecular flexibility index (Phi) is 3.43. The van der Waals surface area contributed by atoms with Gasteiger partial charge in [-0.05, 0) is 30.7 Å². The molecule has 1 atom stereocenters. The van der Waals surface area contributed by atoms with Gasteiger partial charge in [0.2, 0.25) is 0 Å². The lowest BCUT2D eigenvalue weighted by atomic mass is 10.1. The number of rotatable bonds is 3. The highest BCUT2D eigenvalue weighted by Crippen LogP contribution is 2.17. The third kappa shape index (κ3) is 2.75. The van der Waals surface area contributed by atoms with Crippen molar-refractivity contribution in [1.29, 1.82) is 0 Å². The Morgan fingerprint density at radius 1 is 1.44 bits per heavy atom. The minimum atomic E-state index is -0.559. The molecule has 0 aliphatic heterocycles. The van der Waals surface area contributed by atoms with Gasteiger partial charge in [-0.1, -0.05) is 12.1 Å². The summed E-state index contributed by atoms with van der Waals surface area (Å²) in [5, 5.41) is 16.2. The summed E-state index contributed by atoms with van der Waals surface area (Å²) < 4.78 is 1.57. The number of amides is 1. The van der Waals surface area contributed by atoms with E-state index < -0.39 is 6.10 Å². The fraction of sp³-hybridized carbons (Fsp3) is 0.231. The number of aromatic nitrogens is 2. The van der Waals surface area contributed by atoms with Gasteiger partial charge < -0.3 is 10.4 Å². The van der Waals surface area contributed by atoms with E-state index in [0.717, 1.165) is 5.56 Å². The molecule has 18 heavy (non-hydrogen) atoms. The summed E-state index contributed by atoms with van der Waals surface area (Å²) in [6.45, 7) is 1.68. The van der Waals surface area contributed by atoms with Gasteiger partial charge >= 0.3 is 0 Å². The molecule has 0 saturated carbocycles. The van der Waals surface area contributed by atoms with Crippen LogP contribution in [-0.2, 0) is 7.05 Å². The van der Waals surface area contributed by atoms with E-state index in [1.54, 1.807) is 55.2 Å². The van der Waals surface area contributed by atoms with Crippen molar-refractivity contribution >= 4 is 11.6 Å². The molecule has 1 amide bonds. The first-order valence-corrected chi connectivity index (χ1v) is 5.65. The van der Waals surface area contributed by atoms with Crippen molar-refractivity contribution in [3.05, 3.63) is 47.8 Å². The average molecular weight is 245 g/mol. The quantitative estimate of drug-likeness (QED) is 0.865. The van der Waals surface area contributed by atoms with Crippen LogP contribution in [0, 0.1) is 0 Å². The van der Waals surface area contributed by atoms with Crippen molar-refractivity contribution in [2.75, 3.05) is 5.32 Å². The first kappa shape index (κ1) is 12.3. The summed E-state index contributed by atoms with van der Waals surface area (Å²) in [7, 11) is 1.75. The lowest BCUT2D eigenvalue weighted by Crippen LogP contribution is -2.13. The zero-order valence-corrected chi connectivity index (χ0v) is 10.3. The van der Waals surface area contributed by atoms with Crippen LogP contribution in [0.1, 0.15) is 29.1 Å². The Bertz CT molecular complexity index is 561. The molecule has 94 valence electrons. The number of nitrogens with one attached hydrogen (secondary N) is 1. The minimum Gasteiger partial charge on any atom is -0.389 e. The molecule has 2 rings (SSSR count). The van der Waals surface area contributed by atoms with Crippen LogP contribution in [0.2, 0.25) is 0 Å². The van der Waals surface area contributed by atoms with Gasteiger partial charge in [0.05, 0.1) is 6.10 Å². The second-order valence-corrected chi connectivity index (χ2v) is 4.13. The van der Waals surface area contributed by atoms with Crippen molar-refractivity contribution in [2.45, 2.75) is 13.0 Å². The van der Waals surface area contributed by atoms with Gasteiger partial charge in [0.25, 0.3) is 5.91 Å². The molecule has 2 N–H and O–H groups in total. The number of nitrogens with zero attached hydrogens (tertiary/aromatic N) is 2. The van der Waals surface area contributed by atoms with Gasteiger partial charge in [-0.25, -0.2) is 0 Å². The van der Waals surface area contributed by atoms with Crippen LogP contribution in [0.15, 0.2) is 36.5 Å². The molecule has 2 aromatic rings. The Hall–Kier alpha value is -2.14. The molecular formula is C13H15N3O2. The number of hydrogen-bond acceptors (Lipinski definition) is 3. The molecular weight excluding hydrogens is 230 g/mol. The summed E-state index contributed by atoms with van der Waals surface area (Å²) in [5.74, 6) is -0.265. The van der Waals surface area contributed by atoms with Crippen LogP contribution >= 0.6 is 0 Å². The highest BCUT2D eigenvalue weighted by Gasteiger charge is 2.09. The molecule has 0 saturated heterocycles. The van der Waals surface area contributed by atoms with Crippen molar-refractivity contribution in [2.24, 2.45) is 7.05 Å². The highest BCUT2D eigenvalue weighted by atomic mass is 16.3. The zero-order chi connectivity index (χ0) is 13.1. The fourth-order valence-electron chi connectivity index (χ4n) is 1.61. The topological polar surface area (TPSA) is 67.2 Å². The molecule has 5 heteroatoms. The molecule has 1 heterocycles. The van der Waals surface area contributed by atoms with Gasteiger partial charge in [0, 0.05) is 18.9 Å². The first-order valence-electron chi connectivity index (χ1n) is 5.65. The second kappa shape index (κ2) is 5.01. The summed E-state index contributed by atoms with van der Waals surface area (Å²) in [5.41, 5.74) is 1.76. The van der Waals surface area contributed by atoms with Crippen molar-refractivity contribution in [1.82, 2.24) is 9.78 Å². The van der Waals surface area contributed by atoms with Gasteiger partial charge in [-0.15, -0.1) is 0 Å². The second-order valence-electron chi connectivity index (χ2n) is 4.13. The highest BCUT2D eigenvalue weighted by molar-refractivity contribution is 6.02. The normalized spacial score (nSPS) is 12.2. The third-order valence-electron chi connectivity index (χ3n) is 2.57. The number of carbonyl (C=O) groups excluding carboxylic acids is 1. The molecule has 0 aliphatic rings. The number of benzene rings is 1. The Labute approximate surface area is 105 Å². The molecule has 5 nitrogen and oxygen atoms in total. The molecule has 1 aromatic heterocycles. The Morgan fingerprint density at radius 2 is 2.22 bits per heavy atom. The van der Waals surface area contributed by atoms with E-state index in [4.69, 9.17) is 0 Å². The fourth-order valence-corrected chi connectivity index (χ4v) is 1.61. The molecule has 0 aliphatic carbocycles.